The molecule has 2 aromatic carbocycles. The largest absolute Gasteiger partial charge is 0.355 e. The van der Waals surface area contributed by atoms with Crippen molar-refractivity contribution < 1.29 is 14.0 Å². The van der Waals surface area contributed by atoms with Crippen molar-refractivity contribution in [3.63, 3.8) is 0 Å². The van der Waals surface area contributed by atoms with Crippen LogP contribution in [0.3, 0.4) is 0 Å². The molecule has 0 aromatic heterocycles. The van der Waals surface area contributed by atoms with Gasteiger partial charge in [-0.15, -0.1) is 11.8 Å². The van der Waals surface area contributed by atoms with E-state index >= 15 is 0 Å². The minimum absolute atomic E-state index is 0.164. The van der Waals surface area contributed by atoms with Crippen molar-refractivity contribution in [2.75, 3.05) is 19.3 Å². The summed E-state index contributed by atoms with van der Waals surface area (Å²) >= 11 is 1.32. The Labute approximate surface area is 150 Å². The summed E-state index contributed by atoms with van der Waals surface area (Å²) < 4.78 is 12.8. The molecule has 0 atom stereocenters. The van der Waals surface area contributed by atoms with Gasteiger partial charge in [-0.3, -0.25) is 9.59 Å². The molecule has 0 aliphatic heterocycles. The maximum absolute atomic E-state index is 12.8. The molecule has 128 valence electrons. The highest BCUT2D eigenvalue weighted by Gasteiger charge is 2.06. The fraction of sp³-hybridized carbons (Fsp3) is 0.158. The van der Waals surface area contributed by atoms with Gasteiger partial charge in [0.25, 0.3) is 5.91 Å². The quantitative estimate of drug-likeness (QED) is 0.639. The van der Waals surface area contributed by atoms with Crippen LogP contribution in [0.15, 0.2) is 53.4 Å². The molecule has 0 radical (unpaired) electrons. The summed E-state index contributed by atoms with van der Waals surface area (Å²) in [5, 5.41) is 5.25. The number of carbonyl (C=O) groups excluding carboxylic acids is 2. The molecule has 4 nitrogen and oxygen atoms in total. The van der Waals surface area contributed by atoms with Crippen LogP contribution in [0.25, 0.3) is 0 Å². The monoisotopic (exact) mass is 356 g/mol. The van der Waals surface area contributed by atoms with E-state index in [9.17, 15) is 14.0 Å². The molecule has 0 aliphatic rings. The zero-order chi connectivity index (χ0) is 18.1. The van der Waals surface area contributed by atoms with Crippen molar-refractivity contribution in [2.24, 2.45) is 0 Å². The summed E-state index contributed by atoms with van der Waals surface area (Å²) in [5.74, 6) is 5.28. The molecule has 0 spiro atoms. The van der Waals surface area contributed by atoms with Crippen LogP contribution in [0.1, 0.15) is 15.9 Å². The summed E-state index contributed by atoms with van der Waals surface area (Å²) in [6, 6.07) is 13.0. The van der Waals surface area contributed by atoms with Crippen LogP contribution in [-0.4, -0.2) is 31.2 Å². The van der Waals surface area contributed by atoms with E-state index in [-0.39, 0.29) is 29.9 Å². The molecule has 2 amide bonds. The Hall–Kier alpha value is -2.78. The van der Waals surface area contributed by atoms with E-state index in [1.54, 1.807) is 43.4 Å². The molecule has 2 aromatic rings. The van der Waals surface area contributed by atoms with Gasteiger partial charge in [-0.25, -0.2) is 4.39 Å². The van der Waals surface area contributed by atoms with Crippen LogP contribution in [0.5, 0.6) is 0 Å². The van der Waals surface area contributed by atoms with E-state index < -0.39 is 0 Å². The van der Waals surface area contributed by atoms with Crippen LogP contribution in [-0.2, 0) is 4.79 Å². The minimum atomic E-state index is -0.305. The van der Waals surface area contributed by atoms with Gasteiger partial charge in [-0.2, -0.15) is 0 Å². The van der Waals surface area contributed by atoms with E-state index in [0.717, 1.165) is 4.90 Å². The summed E-state index contributed by atoms with van der Waals surface area (Å²) in [6.07, 6.45) is 0. The Bertz CT molecular complexity index is 810. The second kappa shape index (κ2) is 9.50. The average Bonchev–Trinajstić information content (AvgIpc) is 2.64. The predicted molar refractivity (Wildman–Crippen MR) is 96.8 cm³/mol. The lowest BCUT2D eigenvalue weighted by molar-refractivity contribution is -0.118. The average molecular weight is 356 g/mol. The minimum Gasteiger partial charge on any atom is -0.355 e. The SMILES string of the molecule is CNC(=O)c1ccccc1C#CCNC(=O)CSc1ccc(F)cc1. The van der Waals surface area contributed by atoms with Crippen LogP contribution < -0.4 is 10.6 Å². The third-order valence-electron chi connectivity index (χ3n) is 3.18. The van der Waals surface area contributed by atoms with E-state index in [1.807, 2.05) is 0 Å². The van der Waals surface area contributed by atoms with Gasteiger partial charge in [0.05, 0.1) is 17.9 Å². The fourth-order valence-corrected chi connectivity index (χ4v) is 2.67. The molecule has 0 heterocycles. The third kappa shape index (κ3) is 5.98. The Morgan fingerprint density at radius 1 is 1.12 bits per heavy atom. The van der Waals surface area contributed by atoms with E-state index in [2.05, 4.69) is 22.5 Å². The van der Waals surface area contributed by atoms with Crippen LogP contribution >= 0.6 is 11.8 Å². The van der Waals surface area contributed by atoms with E-state index in [0.29, 0.717) is 11.1 Å². The highest BCUT2D eigenvalue weighted by molar-refractivity contribution is 8.00. The number of benzene rings is 2. The topological polar surface area (TPSA) is 58.2 Å². The fourth-order valence-electron chi connectivity index (χ4n) is 1.94. The van der Waals surface area contributed by atoms with E-state index in [4.69, 9.17) is 0 Å². The van der Waals surface area contributed by atoms with Gasteiger partial charge in [0.1, 0.15) is 5.82 Å². The molecule has 0 aliphatic carbocycles. The number of carbonyl (C=O) groups is 2. The smallest absolute Gasteiger partial charge is 0.252 e. The van der Waals surface area contributed by atoms with Crippen molar-refractivity contribution in [3.05, 3.63) is 65.5 Å². The van der Waals surface area contributed by atoms with Crippen LogP contribution in [0.2, 0.25) is 0 Å². The van der Waals surface area contributed by atoms with Crippen LogP contribution in [0.4, 0.5) is 4.39 Å². The van der Waals surface area contributed by atoms with Crippen molar-refractivity contribution in [3.8, 4) is 11.8 Å². The standard InChI is InChI=1S/C19H17FN2O2S/c1-21-19(24)17-7-3-2-5-14(17)6-4-12-22-18(23)13-25-16-10-8-15(20)9-11-16/h2-3,5,7-11H,12-13H2,1H3,(H,21,24)(H,22,23). The molecule has 25 heavy (non-hydrogen) atoms. The van der Waals surface area contributed by atoms with Crippen molar-refractivity contribution in [1.82, 2.24) is 10.6 Å². The Morgan fingerprint density at radius 3 is 2.56 bits per heavy atom. The van der Waals surface area contributed by atoms with Gasteiger partial charge in [0.15, 0.2) is 0 Å². The summed E-state index contributed by atoms with van der Waals surface area (Å²) in [5.41, 5.74) is 1.10. The zero-order valence-corrected chi connectivity index (χ0v) is 14.5. The number of hydrogen-bond donors (Lipinski definition) is 2. The number of thioether (sulfide) groups is 1. The number of halogens is 1. The first-order valence-corrected chi connectivity index (χ1v) is 8.54. The normalized spacial score (nSPS) is 9.68. The molecule has 0 saturated carbocycles. The van der Waals surface area contributed by atoms with Gasteiger partial charge in [-0.05, 0) is 36.4 Å². The highest BCUT2D eigenvalue weighted by Crippen LogP contribution is 2.17. The van der Waals surface area contributed by atoms with Crippen LogP contribution in [0, 0.1) is 17.7 Å². The van der Waals surface area contributed by atoms with Gasteiger partial charge >= 0.3 is 0 Å². The summed E-state index contributed by atoms with van der Waals surface area (Å²) in [6.45, 7) is 0.185. The first-order chi connectivity index (χ1) is 12.1. The predicted octanol–water partition coefficient (Wildman–Crippen LogP) is 2.45. The zero-order valence-electron chi connectivity index (χ0n) is 13.6. The maximum Gasteiger partial charge on any atom is 0.252 e. The lowest BCUT2D eigenvalue weighted by atomic mass is 10.1. The summed E-state index contributed by atoms with van der Waals surface area (Å²) in [4.78, 5) is 24.3. The second-order valence-corrected chi connectivity index (χ2v) is 5.99. The first kappa shape index (κ1) is 18.6. The molecule has 0 unspecified atom stereocenters. The number of amides is 2. The maximum atomic E-state index is 12.8. The molecular weight excluding hydrogens is 339 g/mol. The molecule has 0 saturated heterocycles. The Balaban J connectivity index is 1.83. The van der Waals surface area contributed by atoms with Crippen molar-refractivity contribution >= 4 is 23.6 Å². The Kier molecular flexibility index (Phi) is 7.05. The molecule has 0 fully saturated rings. The van der Waals surface area contributed by atoms with Crippen molar-refractivity contribution in [1.29, 1.82) is 0 Å². The molecule has 2 rings (SSSR count). The summed E-state index contributed by atoms with van der Waals surface area (Å²) in [7, 11) is 1.56. The molecular formula is C19H17FN2O2S. The van der Waals surface area contributed by atoms with Gasteiger partial charge < -0.3 is 10.6 Å². The second-order valence-electron chi connectivity index (χ2n) is 4.95. The number of hydrogen-bond acceptors (Lipinski definition) is 3. The molecule has 0 bridgehead atoms. The van der Waals surface area contributed by atoms with Gasteiger partial charge in [0.2, 0.25) is 5.91 Å². The number of nitrogens with one attached hydrogen (secondary N) is 2. The third-order valence-corrected chi connectivity index (χ3v) is 4.19. The lowest BCUT2D eigenvalue weighted by Gasteiger charge is -2.03. The highest BCUT2D eigenvalue weighted by atomic mass is 32.2. The van der Waals surface area contributed by atoms with Gasteiger partial charge in [-0.1, -0.05) is 24.0 Å². The van der Waals surface area contributed by atoms with E-state index in [1.165, 1.54) is 23.9 Å². The lowest BCUT2D eigenvalue weighted by Crippen LogP contribution is -2.25. The van der Waals surface area contributed by atoms with Gasteiger partial charge in [0, 0.05) is 17.5 Å². The molecule has 2 N–H and O–H groups in total. The molecule has 6 heteroatoms. The Morgan fingerprint density at radius 2 is 1.84 bits per heavy atom. The number of rotatable bonds is 5. The first-order valence-electron chi connectivity index (χ1n) is 7.55. The van der Waals surface area contributed by atoms with Crippen molar-refractivity contribution in [2.45, 2.75) is 4.90 Å².